The van der Waals surface area contributed by atoms with Gasteiger partial charge >= 0.3 is 43.7 Å². The average molecular weight is 545 g/mol. The van der Waals surface area contributed by atoms with E-state index < -0.39 is 11.8 Å². The van der Waals surface area contributed by atoms with E-state index in [9.17, 15) is 9.18 Å². The van der Waals surface area contributed by atoms with Crippen molar-refractivity contribution in [1.82, 2.24) is 0 Å². The Labute approximate surface area is 254 Å². The molecule has 7 heteroatoms. The molecule has 5 nitrogen and oxygen atoms in total. The monoisotopic (exact) mass is 544 g/mol. The van der Waals surface area contributed by atoms with Crippen molar-refractivity contribution in [3.63, 3.8) is 0 Å². The van der Waals surface area contributed by atoms with Crippen molar-refractivity contribution in [2.24, 2.45) is 0 Å². The molecule has 3 aromatic carbocycles. The van der Waals surface area contributed by atoms with Gasteiger partial charge in [-0.2, -0.15) is 0 Å². The molecule has 0 unspecified atom stereocenters. The van der Waals surface area contributed by atoms with Gasteiger partial charge in [-0.1, -0.05) is 48.6 Å². The Morgan fingerprint density at radius 2 is 1.82 bits per heavy atom. The number of carboxylic acids is 1. The van der Waals surface area contributed by atoms with E-state index in [1.807, 2.05) is 13.8 Å². The van der Waals surface area contributed by atoms with Gasteiger partial charge in [0.1, 0.15) is 11.6 Å². The van der Waals surface area contributed by atoms with E-state index in [-0.39, 0.29) is 62.2 Å². The van der Waals surface area contributed by atoms with Crippen LogP contribution in [0.15, 0.2) is 66.7 Å². The van der Waals surface area contributed by atoms with Gasteiger partial charge in [0.25, 0.3) is 0 Å². The Morgan fingerprint density at radius 3 is 2.53 bits per heavy atom. The Kier molecular flexibility index (Phi) is 10.3. The predicted molar refractivity (Wildman–Crippen MR) is 156 cm³/mol. The fraction of sp³-hybridized carbons (Fsp3) is 0.323. The van der Waals surface area contributed by atoms with Gasteiger partial charge in [0.2, 0.25) is 0 Å². The number of aliphatic carboxylic acids is 1. The summed E-state index contributed by atoms with van der Waals surface area (Å²) in [4.78, 5) is 13.2. The topological polar surface area (TPSA) is 61.8 Å². The van der Waals surface area contributed by atoms with Crippen molar-refractivity contribution in [3.8, 4) is 5.75 Å². The number of carbonyl (C=O) groups is 1. The van der Waals surface area contributed by atoms with Crippen molar-refractivity contribution in [1.29, 1.82) is 0 Å². The average Bonchev–Trinajstić information content (AvgIpc) is 2.84. The number of anilines is 2. The molecule has 1 aliphatic rings. The predicted octanol–water partition coefficient (Wildman–Crippen LogP) is 6.14. The summed E-state index contributed by atoms with van der Waals surface area (Å²) in [6, 6.07) is 19.5. The third-order valence-electron chi connectivity index (χ3n) is 6.57. The first-order valence-corrected chi connectivity index (χ1v) is 12.7. The molecule has 0 radical (unpaired) electrons. The SMILES string of the molecule is CC(C)Oc1cc(CNc2ccc(CCC(=O)O)c(F)c2)ccc1CN1c2ccccc2C=CC1(C)C.[CaH2]. The van der Waals surface area contributed by atoms with Gasteiger partial charge < -0.3 is 20.1 Å². The minimum atomic E-state index is -0.936. The van der Waals surface area contributed by atoms with E-state index in [4.69, 9.17) is 9.84 Å². The van der Waals surface area contributed by atoms with Crippen LogP contribution in [-0.4, -0.2) is 60.5 Å². The van der Waals surface area contributed by atoms with Gasteiger partial charge in [-0.25, -0.2) is 4.39 Å². The number of ether oxygens (including phenoxy) is 1. The van der Waals surface area contributed by atoms with Crippen LogP contribution in [0.4, 0.5) is 15.8 Å². The first-order chi connectivity index (χ1) is 17.6. The van der Waals surface area contributed by atoms with Crippen LogP contribution in [0, 0.1) is 5.82 Å². The fourth-order valence-corrected chi connectivity index (χ4v) is 4.54. The summed E-state index contributed by atoms with van der Waals surface area (Å²) in [6.45, 7) is 9.68. The van der Waals surface area contributed by atoms with Crippen LogP contribution in [0.2, 0.25) is 0 Å². The number of hydrogen-bond acceptors (Lipinski definition) is 4. The van der Waals surface area contributed by atoms with E-state index in [1.54, 1.807) is 12.1 Å². The van der Waals surface area contributed by atoms with Crippen LogP contribution in [0.25, 0.3) is 6.08 Å². The fourth-order valence-electron chi connectivity index (χ4n) is 4.54. The van der Waals surface area contributed by atoms with Crippen LogP contribution >= 0.6 is 0 Å². The third-order valence-corrected chi connectivity index (χ3v) is 6.57. The molecule has 198 valence electrons. The van der Waals surface area contributed by atoms with Crippen LogP contribution in [0.5, 0.6) is 5.75 Å². The summed E-state index contributed by atoms with van der Waals surface area (Å²) < 4.78 is 20.7. The summed E-state index contributed by atoms with van der Waals surface area (Å²) in [5.41, 5.74) is 5.43. The molecule has 0 aromatic heterocycles. The van der Waals surface area contributed by atoms with E-state index in [0.717, 1.165) is 16.9 Å². The number of carboxylic acid groups (broad SMARTS) is 1. The molecule has 3 aromatic rings. The zero-order chi connectivity index (χ0) is 26.6. The molecule has 4 rings (SSSR count). The Morgan fingerprint density at radius 1 is 1.08 bits per heavy atom. The maximum atomic E-state index is 14.4. The molecular formula is C31H37CaFN2O3. The van der Waals surface area contributed by atoms with Crippen molar-refractivity contribution < 1.29 is 19.0 Å². The van der Waals surface area contributed by atoms with Crippen LogP contribution < -0.4 is 15.0 Å². The number of nitrogens with one attached hydrogen (secondary N) is 1. The molecule has 0 spiro atoms. The Bertz CT molecular complexity index is 1310. The molecule has 0 amide bonds. The number of nitrogens with zero attached hydrogens (tertiary/aromatic N) is 1. The number of para-hydroxylation sites is 1. The molecule has 38 heavy (non-hydrogen) atoms. The summed E-state index contributed by atoms with van der Waals surface area (Å²) in [5, 5.41) is 12.1. The van der Waals surface area contributed by atoms with Gasteiger partial charge in [-0.05, 0) is 75.1 Å². The van der Waals surface area contributed by atoms with Crippen molar-refractivity contribution in [3.05, 3.63) is 94.8 Å². The van der Waals surface area contributed by atoms with Gasteiger partial charge in [-0.3, -0.25) is 4.79 Å². The number of benzene rings is 3. The molecule has 0 saturated carbocycles. The Hall–Kier alpha value is -2.54. The maximum absolute atomic E-state index is 14.4. The molecule has 1 heterocycles. The molecule has 2 N–H and O–H groups in total. The molecule has 0 saturated heterocycles. The zero-order valence-corrected chi connectivity index (χ0v) is 21.9. The van der Waals surface area contributed by atoms with Crippen LogP contribution in [0.3, 0.4) is 0 Å². The standard InChI is InChI=1S/C31H35FN2O3.Ca.2H/c1-21(2)37-29-17-22(19-33-26-13-11-23(27(32)18-26)12-14-30(35)36)9-10-25(29)20-34-28-8-6-5-7-24(28)15-16-31(34,3)4;;;/h5-11,13,15-18,21,33H,12,14,19-20H2,1-4H3,(H,35,36);;;. The van der Waals surface area contributed by atoms with Crippen LogP contribution in [-0.2, 0) is 24.3 Å². The first kappa shape index (κ1) is 30.0. The molecule has 0 bridgehead atoms. The second-order valence-corrected chi connectivity index (χ2v) is 10.3. The molecular weight excluding hydrogens is 507 g/mol. The van der Waals surface area contributed by atoms with Crippen LogP contribution in [0.1, 0.15) is 56.4 Å². The van der Waals surface area contributed by atoms with Gasteiger partial charge in [0, 0.05) is 36.4 Å². The zero-order valence-electron chi connectivity index (χ0n) is 21.9. The van der Waals surface area contributed by atoms with Gasteiger partial charge in [-0.15, -0.1) is 0 Å². The number of hydrogen-bond donors (Lipinski definition) is 2. The minimum absolute atomic E-state index is 0. The summed E-state index contributed by atoms with van der Waals surface area (Å²) in [5.74, 6) is -0.495. The van der Waals surface area contributed by atoms with Crippen molar-refractivity contribution in [2.75, 3.05) is 10.2 Å². The van der Waals surface area contributed by atoms with Gasteiger partial charge in [0.15, 0.2) is 0 Å². The molecule has 1 aliphatic heterocycles. The number of fused-ring (bicyclic) bond motifs is 1. The number of halogens is 1. The first-order valence-electron chi connectivity index (χ1n) is 12.7. The normalized spacial score (nSPS) is 13.6. The van der Waals surface area contributed by atoms with E-state index >= 15 is 0 Å². The molecule has 0 fully saturated rings. The van der Waals surface area contributed by atoms with Gasteiger partial charge in [0.05, 0.1) is 11.6 Å². The molecule has 0 atom stereocenters. The van der Waals surface area contributed by atoms with Crippen molar-refractivity contribution in [2.45, 2.75) is 65.3 Å². The molecule has 0 aliphatic carbocycles. The quantitative estimate of drug-likeness (QED) is 0.300. The summed E-state index contributed by atoms with van der Waals surface area (Å²) in [7, 11) is 0. The Balaban J connectivity index is 0.00000400. The second kappa shape index (κ2) is 13.0. The van der Waals surface area contributed by atoms with E-state index in [0.29, 0.717) is 24.3 Å². The second-order valence-electron chi connectivity index (χ2n) is 10.3. The summed E-state index contributed by atoms with van der Waals surface area (Å²) >= 11 is 0. The summed E-state index contributed by atoms with van der Waals surface area (Å²) in [6.07, 6.45) is 4.53. The number of aryl methyl sites for hydroxylation is 1. The van der Waals surface area contributed by atoms with E-state index in [1.165, 1.54) is 17.3 Å². The van der Waals surface area contributed by atoms with E-state index in [2.05, 4.69) is 78.7 Å². The third kappa shape index (κ3) is 7.52. The van der Waals surface area contributed by atoms with Crippen molar-refractivity contribution >= 4 is 61.2 Å². The number of rotatable bonds is 10.